The third kappa shape index (κ3) is 5.14. The summed E-state index contributed by atoms with van der Waals surface area (Å²) >= 11 is 0. The molecule has 0 aliphatic heterocycles. The van der Waals surface area contributed by atoms with Crippen LogP contribution in [0, 0.1) is 0 Å². The third-order valence-corrected chi connectivity index (χ3v) is 3.82. The summed E-state index contributed by atoms with van der Waals surface area (Å²) in [7, 11) is 4.21. The van der Waals surface area contributed by atoms with E-state index in [4.69, 9.17) is 4.74 Å². The van der Waals surface area contributed by atoms with Gasteiger partial charge >= 0.3 is 0 Å². The van der Waals surface area contributed by atoms with E-state index in [1.807, 2.05) is 20.9 Å². The highest BCUT2D eigenvalue weighted by molar-refractivity contribution is 5.29. The Kier molecular flexibility index (Phi) is 7.03. The van der Waals surface area contributed by atoms with Gasteiger partial charge in [0.1, 0.15) is 5.75 Å². The lowest BCUT2D eigenvalue weighted by Gasteiger charge is -2.28. The van der Waals surface area contributed by atoms with Gasteiger partial charge in [-0.15, -0.1) is 0 Å². The van der Waals surface area contributed by atoms with Crippen LogP contribution in [0.25, 0.3) is 0 Å². The Hall–Kier alpha value is -1.06. The molecule has 114 valence electrons. The lowest BCUT2D eigenvalue weighted by Crippen LogP contribution is -2.36. The minimum absolute atomic E-state index is 0.220. The summed E-state index contributed by atoms with van der Waals surface area (Å²) < 4.78 is 5.69. The van der Waals surface area contributed by atoms with Gasteiger partial charge in [-0.05, 0) is 59.0 Å². The van der Waals surface area contributed by atoms with Crippen LogP contribution >= 0.6 is 0 Å². The van der Waals surface area contributed by atoms with Crippen molar-refractivity contribution in [2.75, 3.05) is 20.6 Å². The van der Waals surface area contributed by atoms with Gasteiger partial charge in [0, 0.05) is 18.6 Å². The highest BCUT2D eigenvalue weighted by Gasteiger charge is 2.15. The first-order valence-electron chi connectivity index (χ1n) is 7.62. The molecule has 1 N–H and O–H groups in total. The van der Waals surface area contributed by atoms with Gasteiger partial charge in [0.05, 0.1) is 6.10 Å². The summed E-state index contributed by atoms with van der Waals surface area (Å²) in [5.41, 5.74) is 1.30. The standard InChI is InChI=1S/C17H30N2O/c1-7-14(4)19(6)12-17(18-5)15-8-10-16(11-9-15)20-13(2)3/h8-11,13-14,17-18H,7,12H2,1-6H3. The number of ether oxygens (including phenoxy) is 1. The van der Waals surface area contributed by atoms with Crippen LogP contribution in [0.5, 0.6) is 5.75 Å². The number of rotatable bonds is 8. The van der Waals surface area contributed by atoms with Gasteiger partial charge < -0.3 is 15.0 Å². The fourth-order valence-corrected chi connectivity index (χ4v) is 2.19. The number of likely N-dealkylation sites (N-methyl/N-ethyl adjacent to an activating group) is 2. The maximum atomic E-state index is 5.69. The molecule has 0 aliphatic carbocycles. The van der Waals surface area contributed by atoms with Crippen LogP contribution in [0.3, 0.4) is 0 Å². The van der Waals surface area contributed by atoms with Crippen LogP contribution in [0.1, 0.15) is 45.7 Å². The molecule has 0 aliphatic rings. The lowest BCUT2D eigenvalue weighted by molar-refractivity contribution is 0.227. The van der Waals surface area contributed by atoms with Gasteiger partial charge in [-0.25, -0.2) is 0 Å². The van der Waals surface area contributed by atoms with Crippen molar-refractivity contribution < 1.29 is 4.74 Å². The molecule has 20 heavy (non-hydrogen) atoms. The molecular weight excluding hydrogens is 248 g/mol. The molecule has 0 bridgehead atoms. The molecule has 0 fully saturated rings. The zero-order valence-electron chi connectivity index (χ0n) is 13.8. The number of nitrogens with one attached hydrogen (secondary N) is 1. The second-order valence-corrected chi connectivity index (χ2v) is 5.77. The van der Waals surface area contributed by atoms with Crippen molar-refractivity contribution in [2.45, 2.75) is 52.3 Å². The highest BCUT2D eigenvalue weighted by Crippen LogP contribution is 2.20. The van der Waals surface area contributed by atoms with E-state index in [1.54, 1.807) is 0 Å². The van der Waals surface area contributed by atoms with Crippen LogP contribution in [-0.4, -0.2) is 37.7 Å². The monoisotopic (exact) mass is 278 g/mol. The zero-order valence-corrected chi connectivity index (χ0v) is 13.8. The predicted molar refractivity (Wildman–Crippen MR) is 86.4 cm³/mol. The minimum atomic E-state index is 0.220. The van der Waals surface area contributed by atoms with E-state index in [1.165, 1.54) is 12.0 Å². The molecule has 0 amide bonds. The molecule has 0 heterocycles. The van der Waals surface area contributed by atoms with Crippen molar-refractivity contribution in [3.63, 3.8) is 0 Å². The van der Waals surface area contributed by atoms with Crippen LogP contribution in [-0.2, 0) is 0 Å². The zero-order chi connectivity index (χ0) is 15.1. The summed E-state index contributed by atoms with van der Waals surface area (Å²) in [5, 5.41) is 3.41. The Morgan fingerprint density at radius 2 is 1.75 bits per heavy atom. The quantitative estimate of drug-likeness (QED) is 0.788. The number of hydrogen-bond donors (Lipinski definition) is 1. The largest absolute Gasteiger partial charge is 0.491 e. The maximum absolute atomic E-state index is 5.69. The fourth-order valence-electron chi connectivity index (χ4n) is 2.19. The topological polar surface area (TPSA) is 24.5 Å². The van der Waals surface area contributed by atoms with E-state index in [0.717, 1.165) is 12.3 Å². The summed E-state index contributed by atoms with van der Waals surface area (Å²) in [4.78, 5) is 2.40. The second kappa shape index (κ2) is 8.28. The van der Waals surface area contributed by atoms with E-state index in [9.17, 15) is 0 Å². The van der Waals surface area contributed by atoms with Crippen molar-refractivity contribution in [3.8, 4) is 5.75 Å². The van der Waals surface area contributed by atoms with Gasteiger partial charge in [0.2, 0.25) is 0 Å². The van der Waals surface area contributed by atoms with E-state index < -0.39 is 0 Å². The van der Waals surface area contributed by atoms with Crippen molar-refractivity contribution >= 4 is 0 Å². The Morgan fingerprint density at radius 1 is 1.15 bits per heavy atom. The molecule has 0 radical (unpaired) electrons. The minimum Gasteiger partial charge on any atom is -0.491 e. The summed E-state index contributed by atoms with van der Waals surface area (Å²) in [5.74, 6) is 0.939. The van der Waals surface area contributed by atoms with Crippen LogP contribution < -0.4 is 10.1 Å². The average molecular weight is 278 g/mol. The third-order valence-electron chi connectivity index (χ3n) is 3.82. The molecule has 0 spiro atoms. The van der Waals surface area contributed by atoms with Crippen molar-refractivity contribution in [2.24, 2.45) is 0 Å². The SMILES string of the molecule is CCC(C)N(C)CC(NC)c1ccc(OC(C)C)cc1. The molecule has 3 nitrogen and oxygen atoms in total. The van der Waals surface area contributed by atoms with Gasteiger partial charge in [0.25, 0.3) is 0 Å². The molecule has 2 atom stereocenters. The molecule has 1 aromatic rings. The molecule has 1 aromatic carbocycles. The van der Waals surface area contributed by atoms with Crippen LogP contribution in [0.15, 0.2) is 24.3 Å². The lowest BCUT2D eigenvalue weighted by atomic mass is 10.1. The van der Waals surface area contributed by atoms with E-state index in [-0.39, 0.29) is 6.10 Å². The first-order chi connectivity index (χ1) is 9.47. The number of hydrogen-bond acceptors (Lipinski definition) is 3. The Bertz CT molecular complexity index is 375. The number of nitrogens with zero attached hydrogens (tertiary/aromatic N) is 1. The molecule has 0 saturated carbocycles. The van der Waals surface area contributed by atoms with Crippen molar-refractivity contribution in [3.05, 3.63) is 29.8 Å². The van der Waals surface area contributed by atoms with Gasteiger partial charge in [-0.3, -0.25) is 0 Å². The predicted octanol–water partition coefficient (Wildman–Crippen LogP) is 3.46. The fraction of sp³-hybridized carbons (Fsp3) is 0.647. The maximum Gasteiger partial charge on any atom is 0.119 e. The van der Waals surface area contributed by atoms with Crippen molar-refractivity contribution in [1.82, 2.24) is 10.2 Å². The van der Waals surface area contributed by atoms with Crippen molar-refractivity contribution in [1.29, 1.82) is 0 Å². The molecule has 1 rings (SSSR count). The summed E-state index contributed by atoms with van der Waals surface area (Å²) in [6.45, 7) is 9.60. The Morgan fingerprint density at radius 3 is 2.20 bits per heavy atom. The Labute approximate surface area is 124 Å². The van der Waals surface area contributed by atoms with Gasteiger partial charge in [0.15, 0.2) is 0 Å². The smallest absolute Gasteiger partial charge is 0.119 e. The van der Waals surface area contributed by atoms with Gasteiger partial charge in [-0.2, -0.15) is 0 Å². The van der Waals surface area contributed by atoms with Gasteiger partial charge in [-0.1, -0.05) is 19.1 Å². The normalized spacial score (nSPS) is 14.6. The van der Waals surface area contributed by atoms with E-state index in [2.05, 4.69) is 55.4 Å². The molecule has 3 heteroatoms. The van der Waals surface area contributed by atoms with E-state index in [0.29, 0.717) is 12.1 Å². The first-order valence-corrected chi connectivity index (χ1v) is 7.62. The van der Waals surface area contributed by atoms with Crippen LogP contribution in [0.2, 0.25) is 0 Å². The molecule has 0 saturated heterocycles. The average Bonchev–Trinajstić information content (AvgIpc) is 2.44. The summed E-state index contributed by atoms with van der Waals surface area (Å²) in [6, 6.07) is 9.38. The first kappa shape index (κ1) is 17.0. The second-order valence-electron chi connectivity index (χ2n) is 5.77. The molecule has 2 unspecified atom stereocenters. The summed E-state index contributed by atoms with van der Waals surface area (Å²) in [6.07, 6.45) is 1.39. The molecule has 0 aromatic heterocycles. The van der Waals surface area contributed by atoms with Crippen LogP contribution in [0.4, 0.5) is 0 Å². The highest BCUT2D eigenvalue weighted by atomic mass is 16.5. The molecular formula is C17H30N2O. The van der Waals surface area contributed by atoms with E-state index >= 15 is 0 Å². The number of benzene rings is 1. The Balaban J connectivity index is 2.70.